The molecule has 1 heterocycles. The zero-order valence-electron chi connectivity index (χ0n) is 12.9. The van der Waals surface area contributed by atoms with Crippen LogP contribution in [0.2, 0.25) is 0 Å². The highest BCUT2D eigenvalue weighted by molar-refractivity contribution is 7.92. The Bertz CT molecular complexity index is 819. The summed E-state index contributed by atoms with van der Waals surface area (Å²) in [4.78, 5) is 0.145. The van der Waals surface area contributed by atoms with Crippen LogP contribution in [0.25, 0.3) is 0 Å². The molecule has 23 heavy (non-hydrogen) atoms. The van der Waals surface area contributed by atoms with Gasteiger partial charge in [0.2, 0.25) is 0 Å². The van der Waals surface area contributed by atoms with Gasteiger partial charge < -0.3 is 14.2 Å². The molecule has 0 spiro atoms. The highest BCUT2D eigenvalue weighted by Gasteiger charge is 2.30. The number of hydrogen-bond donors (Lipinski definition) is 0. The van der Waals surface area contributed by atoms with E-state index in [-0.39, 0.29) is 11.4 Å². The van der Waals surface area contributed by atoms with Gasteiger partial charge in [0.15, 0.2) is 11.5 Å². The molecule has 122 valence electrons. The van der Waals surface area contributed by atoms with Gasteiger partial charge in [0.1, 0.15) is 12.4 Å². The topological polar surface area (TPSA) is 65.1 Å². The summed E-state index contributed by atoms with van der Waals surface area (Å²) in [5, 5.41) is 0. The van der Waals surface area contributed by atoms with E-state index in [1.807, 2.05) is 6.07 Å². The highest BCUT2D eigenvalue weighted by Crippen LogP contribution is 2.36. The first-order chi connectivity index (χ1) is 11.1. The number of benzene rings is 2. The molecule has 6 nitrogen and oxygen atoms in total. The van der Waals surface area contributed by atoms with Gasteiger partial charge in [-0.1, -0.05) is 12.1 Å². The summed E-state index contributed by atoms with van der Waals surface area (Å²) < 4.78 is 43.2. The van der Waals surface area contributed by atoms with Gasteiger partial charge in [0.05, 0.1) is 31.3 Å². The van der Waals surface area contributed by atoms with Crippen LogP contribution in [-0.4, -0.2) is 35.8 Å². The summed E-state index contributed by atoms with van der Waals surface area (Å²) in [6, 6.07) is 11.6. The minimum absolute atomic E-state index is 0.145. The van der Waals surface area contributed by atoms with Gasteiger partial charge in [-0.25, -0.2) is 8.42 Å². The van der Waals surface area contributed by atoms with Crippen LogP contribution >= 0.6 is 0 Å². The molecule has 7 heteroatoms. The van der Waals surface area contributed by atoms with Crippen molar-refractivity contribution in [1.82, 2.24) is 0 Å². The quantitative estimate of drug-likeness (QED) is 0.858. The van der Waals surface area contributed by atoms with Crippen molar-refractivity contribution in [2.45, 2.75) is 4.90 Å². The Hall–Kier alpha value is -2.41. The lowest BCUT2D eigenvalue weighted by Gasteiger charge is -2.30. The number of rotatable bonds is 4. The molecule has 1 aliphatic heterocycles. The Morgan fingerprint density at radius 2 is 1.78 bits per heavy atom. The van der Waals surface area contributed by atoms with Gasteiger partial charge in [-0.2, -0.15) is 0 Å². The number of methoxy groups -OCH3 is 2. The fourth-order valence-electron chi connectivity index (χ4n) is 2.50. The van der Waals surface area contributed by atoms with Crippen LogP contribution in [0.15, 0.2) is 47.4 Å². The third-order valence-corrected chi connectivity index (χ3v) is 5.44. The lowest BCUT2D eigenvalue weighted by molar-refractivity contribution is 0.316. The van der Waals surface area contributed by atoms with Crippen LogP contribution < -0.4 is 18.5 Å². The maximum absolute atomic E-state index is 13.0. The van der Waals surface area contributed by atoms with Crippen molar-refractivity contribution in [2.24, 2.45) is 0 Å². The molecule has 0 unspecified atom stereocenters. The summed E-state index contributed by atoms with van der Waals surface area (Å²) in [5.74, 6) is 1.41. The number of hydrogen-bond acceptors (Lipinski definition) is 5. The molecule has 3 rings (SSSR count). The van der Waals surface area contributed by atoms with E-state index in [1.54, 1.807) is 24.3 Å². The standard InChI is InChI=1S/C16H17NO5S/c1-20-15-8-7-12(11-16(15)21-2)23(18,19)17-9-10-22-14-6-4-3-5-13(14)17/h3-8,11H,9-10H2,1-2H3. The molecular formula is C16H17NO5S. The molecule has 0 radical (unpaired) electrons. The summed E-state index contributed by atoms with van der Waals surface area (Å²) in [6.45, 7) is 0.567. The minimum atomic E-state index is -3.72. The molecule has 2 aromatic rings. The molecule has 1 aliphatic rings. The molecule has 0 aliphatic carbocycles. The number of fused-ring (bicyclic) bond motifs is 1. The lowest BCUT2D eigenvalue weighted by atomic mass is 10.2. The first kappa shape index (κ1) is 15.5. The van der Waals surface area contributed by atoms with Crippen molar-refractivity contribution in [3.8, 4) is 17.2 Å². The largest absolute Gasteiger partial charge is 0.493 e. The van der Waals surface area contributed by atoms with Crippen molar-refractivity contribution in [1.29, 1.82) is 0 Å². The Kier molecular flexibility index (Phi) is 4.04. The van der Waals surface area contributed by atoms with E-state index >= 15 is 0 Å². The van der Waals surface area contributed by atoms with E-state index in [1.165, 1.54) is 30.7 Å². The van der Waals surface area contributed by atoms with Gasteiger partial charge in [-0.3, -0.25) is 4.31 Å². The van der Waals surface area contributed by atoms with E-state index < -0.39 is 10.0 Å². The second-order valence-corrected chi connectivity index (χ2v) is 6.77. The molecule has 0 saturated heterocycles. The van der Waals surface area contributed by atoms with E-state index in [4.69, 9.17) is 14.2 Å². The molecule has 2 aromatic carbocycles. The van der Waals surface area contributed by atoms with E-state index in [2.05, 4.69) is 0 Å². The Balaban J connectivity index is 2.06. The molecule has 0 bridgehead atoms. The van der Waals surface area contributed by atoms with Crippen molar-refractivity contribution in [3.05, 3.63) is 42.5 Å². The average molecular weight is 335 g/mol. The first-order valence-corrected chi connectivity index (χ1v) is 8.48. The fourth-order valence-corrected chi connectivity index (χ4v) is 3.97. The molecule has 0 N–H and O–H groups in total. The van der Waals surface area contributed by atoms with E-state index in [0.717, 1.165) is 0 Å². The van der Waals surface area contributed by atoms with Crippen molar-refractivity contribution in [3.63, 3.8) is 0 Å². The van der Waals surface area contributed by atoms with Crippen LogP contribution in [0.3, 0.4) is 0 Å². The summed E-state index contributed by atoms with van der Waals surface area (Å²) in [7, 11) is -0.740. The van der Waals surface area contributed by atoms with Crippen molar-refractivity contribution < 1.29 is 22.6 Å². The SMILES string of the molecule is COc1ccc(S(=O)(=O)N2CCOc3ccccc32)cc1OC. The molecule has 0 saturated carbocycles. The first-order valence-electron chi connectivity index (χ1n) is 7.04. The normalized spacial score (nSPS) is 13.9. The lowest BCUT2D eigenvalue weighted by Crippen LogP contribution is -2.37. The molecule has 0 atom stereocenters. The maximum atomic E-state index is 13.0. The van der Waals surface area contributed by atoms with E-state index in [0.29, 0.717) is 29.5 Å². The predicted octanol–water partition coefficient (Wildman–Crippen LogP) is 2.29. The third kappa shape index (κ3) is 2.68. The van der Waals surface area contributed by atoms with Crippen LogP contribution in [0.4, 0.5) is 5.69 Å². The number of anilines is 1. The summed E-state index contributed by atoms with van der Waals surface area (Å²) >= 11 is 0. The monoisotopic (exact) mass is 335 g/mol. The molecule has 0 aromatic heterocycles. The molecule has 0 amide bonds. The second kappa shape index (κ2) is 6.00. The average Bonchev–Trinajstić information content (AvgIpc) is 2.60. The highest BCUT2D eigenvalue weighted by atomic mass is 32.2. The smallest absolute Gasteiger partial charge is 0.264 e. The zero-order chi connectivity index (χ0) is 16.4. The van der Waals surface area contributed by atoms with Gasteiger partial charge in [0.25, 0.3) is 10.0 Å². The van der Waals surface area contributed by atoms with Gasteiger partial charge >= 0.3 is 0 Å². The Labute approximate surface area is 135 Å². The minimum Gasteiger partial charge on any atom is -0.493 e. The Morgan fingerprint density at radius 1 is 1.04 bits per heavy atom. The van der Waals surface area contributed by atoms with Crippen LogP contribution in [-0.2, 0) is 10.0 Å². The number of nitrogens with zero attached hydrogens (tertiary/aromatic N) is 1. The number of ether oxygens (including phenoxy) is 3. The molecule has 0 fully saturated rings. The fraction of sp³-hybridized carbons (Fsp3) is 0.250. The third-order valence-electron chi connectivity index (χ3n) is 3.63. The summed E-state index contributed by atoms with van der Waals surface area (Å²) in [6.07, 6.45) is 0. The van der Waals surface area contributed by atoms with Crippen molar-refractivity contribution >= 4 is 15.7 Å². The Morgan fingerprint density at radius 3 is 2.52 bits per heavy atom. The zero-order valence-corrected chi connectivity index (χ0v) is 13.7. The summed E-state index contributed by atoms with van der Waals surface area (Å²) in [5.41, 5.74) is 0.536. The maximum Gasteiger partial charge on any atom is 0.264 e. The molecular weight excluding hydrogens is 318 g/mol. The van der Waals surface area contributed by atoms with Gasteiger partial charge in [0, 0.05) is 6.07 Å². The predicted molar refractivity (Wildman–Crippen MR) is 86.0 cm³/mol. The van der Waals surface area contributed by atoms with Gasteiger partial charge in [-0.15, -0.1) is 0 Å². The van der Waals surface area contributed by atoms with Crippen LogP contribution in [0.5, 0.6) is 17.2 Å². The number of sulfonamides is 1. The van der Waals surface area contributed by atoms with E-state index in [9.17, 15) is 8.42 Å². The number of para-hydroxylation sites is 2. The second-order valence-electron chi connectivity index (χ2n) is 4.91. The van der Waals surface area contributed by atoms with Crippen molar-refractivity contribution in [2.75, 3.05) is 31.7 Å². The van der Waals surface area contributed by atoms with Crippen LogP contribution in [0.1, 0.15) is 0 Å². The van der Waals surface area contributed by atoms with Gasteiger partial charge in [-0.05, 0) is 24.3 Å². The van der Waals surface area contributed by atoms with Crippen LogP contribution in [0, 0.1) is 0 Å².